The van der Waals surface area contributed by atoms with Crippen LogP contribution in [0.5, 0.6) is 0 Å². The summed E-state index contributed by atoms with van der Waals surface area (Å²) in [5.41, 5.74) is 1.56. The third kappa shape index (κ3) is 3.04. The zero-order valence-electron chi connectivity index (χ0n) is 11.2. The fourth-order valence-corrected chi connectivity index (χ4v) is 4.54. The minimum atomic E-state index is 0.589. The van der Waals surface area contributed by atoms with Gasteiger partial charge in [0.1, 0.15) is 0 Å². The van der Waals surface area contributed by atoms with E-state index in [4.69, 9.17) is 0 Å². The normalized spacial score (nSPS) is 19.3. The van der Waals surface area contributed by atoms with Gasteiger partial charge in [-0.1, -0.05) is 18.2 Å². The zero-order valence-corrected chi connectivity index (χ0v) is 12.8. The molecule has 0 fully saturated rings. The van der Waals surface area contributed by atoms with Gasteiger partial charge in [0, 0.05) is 34.7 Å². The number of fused-ring (bicyclic) bond motifs is 1. The molecule has 100 valence electrons. The highest BCUT2D eigenvalue weighted by Gasteiger charge is 2.23. The lowest BCUT2D eigenvalue weighted by molar-refractivity contribution is 0.213. The van der Waals surface area contributed by atoms with Crippen LogP contribution in [-0.2, 0) is 6.42 Å². The molecular weight excluding hydrogens is 270 g/mol. The van der Waals surface area contributed by atoms with Crippen molar-refractivity contribution >= 4 is 23.1 Å². The average molecular weight is 289 g/mol. The second kappa shape index (κ2) is 6.12. The van der Waals surface area contributed by atoms with Crippen molar-refractivity contribution in [3.8, 4) is 0 Å². The number of rotatable bonds is 4. The fraction of sp³-hybridized carbons (Fsp3) is 0.375. The molecule has 0 radical (unpaired) electrons. The predicted octanol–water partition coefficient (Wildman–Crippen LogP) is 4.46. The molecule has 0 saturated heterocycles. The highest BCUT2D eigenvalue weighted by molar-refractivity contribution is 7.99. The fourth-order valence-electron chi connectivity index (χ4n) is 2.66. The average Bonchev–Trinajstić information content (AvgIpc) is 2.92. The SMILES string of the molecule is CC1c2ccsc2CCN1CCSc1ccccc1. The second-order valence-corrected chi connectivity index (χ2v) is 7.09. The van der Waals surface area contributed by atoms with Gasteiger partial charge in [-0.15, -0.1) is 23.1 Å². The molecule has 0 N–H and O–H groups in total. The summed E-state index contributed by atoms with van der Waals surface area (Å²) >= 11 is 3.88. The minimum absolute atomic E-state index is 0.589. The molecule has 1 aromatic heterocycles. The molecule has 1 nitrogen and oxygen atoms in total. The van der Waals surface area contributed by atoms with E-state index in [1.165, 1.54) is 30.2 Å². The van der Waals surface area contributed by atoms with Crippen LogP contribution < -0.4 is 0 Å². The Morgan fingerprint density at radius 2 is 2.11 bits per heavy atom. The van der Waals surface area contributed by atoms with Crippen LogP contribution in [0.4, 0.5) is 0 Å². The Balaban J connectivity index is 1.54. The second-order valence-electron chi connectivity index (χ2n) is 4.92. The maximum absolute atomic E-state index is 2.62. The van der Waals surface area contributed by atoms with Crippen LogP contribution in [0.2, 0.25) is 0 Å². The van der Waals surface area contributed by atoms with Crippen LogP contribution in [0.25, 0.3) is 0 Å². The lowest BCUT2D eigenvalue weighted by atomic mass is 10.0. The van der Waals surface area contributed by atoms with Gasteiger partial charge in [0.05, 0.1) is 0 Å². The van der Waals surface area contributed by atoms with Crippen molar-refractivity contribution in [1.82, 2.24) is 4.90 Å². The highest BCUT2D eigenvalue weighted by Crippen LogP contribution is 2.33. The van der Waals surface area contributed by atoms with Crippen molar-refractivity contribution in [3.63, 3.8) is 0 Å². The van der Waals surface area contributed by atoms with E-state index in [1.54, 1.807) is 10.4 Å². The molecule has 1 unspecified atom stereocenters. The lowest BCUT2D eigenvalue weighted by Crippen LogP contribution is -2.34. The van der Waals surface area contributed by atoms with Crippen molar-refractivity contribution in [3.05, 3.63) is 52.2 Å². The summed E-state index contributed by atoms with van der Waals surface area (Å²) in [4.78, 5) is 5.59. The Morgan fingerprint density at radius 3 is 2.95 bits per heavy atom. The predicted molar refractivity (Wildman–Crippen MR) is 85.2 cm³/mol. The zero-order chi connectivity index (χ0) is 13.1. The first-order valence-electron chi connectivity index (χ1n) is 6.83. The molecule has 2 heterocycles. The van der Waals surface area contributed by atoms with Crippen molar-refractivity contribution in [2.45, 2.75) is 24.3 Å². The molecule has 19 heavy (non-hydrogen) atoms. The molecule has 2 aromatic rings. The molecule has 1 aliphatic rings. The summed E-state index contributed by atoms with van der Waals surface area (Å²) in [5.74, 6) is 1.17. The van der Waals surface area contributed by atoms with E-state index in [1.807, 2.05) is 23.1 Å². The highest BCUT2D eigenvalue weighted by atomic mass is 32.2. The van der Waals surface area contributed by atoms with Gasteiger partial charge >= 0.3 is 0 Å². The number of thiophene rings is 1. The van der Waals surface area contributed by atoms with Crippen molar-refractivity contribution in [1.29, 1.82) is 0 Å². The van der Waals surface area contributed by atoms with E-state index in [2.05, 4.69) is 53.6 Å². The van der Waals surface area contributed by atoms with E-state index >= 15 is 0 Å². The van der Waals surface area contributed by atoms with Gasteiger partial charge in [-0.25, -0.2) is 0 Å². The van der Waals surface area contributed by atoms with Crippen LogP contribution >= 0.6 is 23.1 Å². The standard InChI is InChI=1S/C16H19NS2/c1-13-15-8-11-19-16(15)7-9-17(13)10-12-18-14-5-3-2-4-6-14/h2-6,8,11,13H,7,9-10,12H2,1H3. The van der Waals surface area contributed by atoms with Crippen molar-refractivity contribution in [2.24, 2.45) is 0 Å². The Bertz CT molecular complexity index is 521. The summed E-state index contributed by atoms with van der Waals surface area (Å²) in [6.45, 7) is 4.73. The van der Waals surface area contributed by atoms with Gasteiger partial charge in [0.15, 0.2) is 0 Å². The summed E-state index contributed by atoms with van der Waals surface area (Å²) in [7, 11) is 0. The quantitative estimate of drug-likeness (QED) is 0.765. The Labute approximate surface area is 123 Å². The minimum Gasteiger partial charge on any atom is -0.295 e. The third-order valence-electron chi connectivity index (χ3n) is 3.79. The maximum Gasteiger partial charge on any atom is 0.0331 e. The van der Waals surface area contributed by atoms with Gasteiger partial charge in [0.2, 0.25) is 0 Å². The first-order valence-corrected chi connectivity index (χ1v) is 8.69. The Morgan fingerprint density at radius 1 is 1.26 bits per heavy atom. The molecule has 1 aromatic carbocycles. The molecule has 1 aliphatic heterocycles. The van der Waals surface area contributed by atoms with E-state index in [0.29, 0.717) is 6.04 Å². The van der Waals surface area contributed by atoms with Gasteiger partial charge in [-0.05, 0) is 42.5 Å². The summed E-state index contributed by atoms with van der Waals surface area (Å²) < 4.78 is 0. The number of benzene rings is 1. The topological polar surface area (TPSA) is 3.24 Å². The first kappa shape index (κ1) is 13.2. The number of hydrogen-bond donors (Lipinski definition) is 0. The van der Waals surface area contributed by atoms with E-state index in [0.717, 1.165) is 0 Å². The van der Waals surface area contributed by atoms with Gasteiger partial charge < -0.3 is 0 Å². The van der Waals surface area contributed by atoms with Gasteiger partial charge in [-0.2, -0.15) is 0 Å². The van der Waals surface area contributed by atoms with E-state index in [9.17, 15) is 0 Å². The molecule has 0 aliphatic carbocycles. The lowest BCUT2D eigenvalue weighted by Gasteiger charge is -2.33. The first-order chi connectivity index (χ1) is 9.34. The molecule has 0 amide bonds. The van der Waals surface area contributed by atoms with Crippen LogP contribution in [0.1, 0.15) is 23.4 Å². The molecule has 0 spiro atoms. The maximum atomic E-state index is 2.62. The number of hydrogen-bond acceptors (Lipinski definition) is 3. The monoisotopic (exact) mass is 289 g/mol. The van der Waals surface area contributed by atoms with Crippen LogP contribution in [0.3, 0.4) is 0 Å². The largest absolute Gasteiger partial charge is 0.295 e. The van der Waals surface area contributed by atoms with Gasteiger partial charge in [-0.3, -0.25) is 4.90 Å². The van der Waals surface area contributed by atoms with Crippen LogP contribution in [0.15, 0.2) is 46.7 Å². The summed E-state index contributed by atoms with van der Waals surface area (Å²) in [6.07, 6.45) is 1.23. The molecular formula is C16H19NS2. The van der Waals surface area contributed by atoms with Crippen molar-refractivity contribution in [2.75, 3.05) is 18.8 Å². The molecule has 0 saturated carbocycles. The molecule has 0 bridgehead atoms. The third-order valence-corrected chi connectivity index (χ3v) is 5.78. The summed E-state index contributed by atoms with van der Waals surface area (Å²) in [6, 6.07) is 13.6. The molecule has 3 heteroatoms. The van der Waals surface area contributed by atoms with E-state index in [-0.39, 0.29) is 0 Å². The van der Waals surface area contributed by atoms with Crippen LogP contribution in [0, 0.1) is 0 Å². The Hall–Kier alpha value is -0.770. The molecule has 3 rings (SSSR count). The molecule has 1 atom stereocenters. The van der Waals surface area contributed by atoms with E-state index < -0.39 is 0 Å². The number of nitrogens with zero attached hydrogens (tertiary/aromatic N) is 1. The van der Waals surface area contributed by atoms with Crippen LogP contribution in [-0.4, -0.2) is 23.7 Å². The van der Waals surface area contributed by atoms with Gasteiger partial charge in [0.25, 0.3) is 0 Å². The number of thioether (sulfide) groups is 1. The summed E-state index contributed by atoms with van der Waals surface area (Å²) in [5, 5.41) is 2.24. The smallest absolute Gasteiger partial charge is 0.0331 e. The van der Waals surface area contributed by atoms with Crippen molar-refractivity contribution < 1.29 is 0 Å². The Kier molecular flexibility index (Phi) is 4.26.